The van der Waals surface area contributed by atoms with Crippen LogP contribution in [0.3, 0.4) is 0 Å². The number of carbonyl (C=O) groups is 3. The minimum absolute atomic E-state index is 0.0335. The zero-order valence-electron chi connectivity index (χ0n) is 19.2. The lowest BCUT2D eigenvalue weighted by Crippen LogP contribution is -2.54. The van der Waals surface area contributed by atoms with Gasteiger partial charge in [0.2, 0.25) is 12.7 Å². The van der Waals surface area contributed by atoms with E-state index in [1.54, 1.807) is 35.2 Å². The molecule has 2 heterocycles. The molecule has 2 aromatic carbocycles. The Labute approximate surface area is 197 Å². The molecule has 0 aliphatic carbocycles. The van der Waals surface area contributed by atoms with E-state index in [1.807, 2.05) is 13.8 Å². The maximum atomic E-state index is 14.1. The van der Waals surface area contributed by atoms with Crippen LogP contribution in [0.5, 0.6) is 11.5 Å². The van der Waals surface area contributed by atoms with E-state index in [1.165, 1.54) is 12.1 Å². The molecule has 0 saturated carbocycles. The highest BCUT2D eigenvalue weighted by Gasteiger charge is 2.35. The Bertz CT molecular complexity index is 1080. The first-order valence-electron chi connectivity index (χ1n) is 11.4. The topological polar surface area (TPSA) is 97.0 Å². The number of halogens is 1. The number of rotatable bonds is 6. The molecule has 4 rings (SSSR count). The van der Waals surface area contributed by atoms with Crippen molar-refractivity contribution in [3.63, 3.8) is 0 Å². The fraction of sp³-hybridized carbons (Fsp3) is 0.400. The molecule has 3 amide bonds. The molecular weight excluding hydrogens is 441 g/mol. The van der Waals surface area contributed by atoms with E-state index >= 15 is 0 Å². The molecule has 1 unspecified atom stereocenters. The molecule has 0 spiro atoms. The second kappa shape index (κ2) is 10.1. The summed E-state index contributed by atoms with van der Waals surface area (Å²) in [4.78, 5) is 40.3. The largest absolute Gasteiger partial charge is 0.454 e. The summed E-state index contributed by atoms with van der Waals surface area (Å²) in [6.07, 6.45) is 0.996. The first-order chi connectivity index (χ1) is 16.3. The van der Waals surface area contributed by atoms with Crippen LogP contribution in [0.2, 0.25) is 0 Å². The number of amides is 3. The third-order valence-corrected chi connectivity index (χ3v) is 6.04. The van der Waals surface area contributed by atoms with Gasteiger partial charge in [-0.25, -0.2) is 4.39 Å². The molecule has 0 aromatic heterocycles. The van der Waals surface area contributed by atoms with E-state index in [0.717, 1.165) is 0 Å². The van der Waals surface area contributed by atoms with Gasteiger partial charge in [0, 0.05) is 24.7 Å². The van der Waals surface area contributed by atoms with Crippen molar-refractivity contribution in [3.8, 4) is 11.5 Å². The van der Waals surface area contributed by atoms with E-state index in [-0.39, 0.29) is 36.1 Å². The number of ether oxygens (including phenoxy) is 2. The zero-order valence-corrected chi connectivity index (χ0v) is 19.2. The average molecular weight is 470 g/mol. The van der Waals surface area contributed by atoms with Gasteiger partial charge in [0.15, 0.2) is 11.5 Å². The molecule has 2 N–H and O–H groups in total. The van der Waals surface area contributed by atoms with Crippen LogP contribution >= 0.6 is 0 Å². The Morgan fingerprint density at radius 3 is 2.41 bits per heavy atom. The lowest BCUT2D eigenvalue weighted by molar-refractivity contribution is -0.125. The van der Waals surface area contributed by atoms with Gasteiger partial charge in [-0.05, 0) is 62.9 Å². The standard InChI is InChI=1S/C25H28FN3O5/c1-15(2)27-24(31)22(28-23(30)17-7-8-20-21(13-17)34-14-33-20)16-9-11-29(12-10-16)25(32)18-5-3-4-6-19(18)26/h3-8,13,15-16,22H,9-12,14H2,1-2H3,(H,27,31)(H,28,30). The fourth-order valence-electron chi connectivity index (χ4n) is 4.27. The summed E-state index contributed by atoms with van der Waals surface area (Å²) in [5.41, 5.74) is 0.393. The molecule has 1 saturated heterocycles. The normalized spacial score (nSPS) is 16.3. The molecule has 0 radical (unpaired) electrons. The van der Waals surface area contributed by atoms with Crippen molar-refractivity contribution in [2.24, 2.45) is 5.92 Å². The predicted octanol–water partition coefficient (Wildman–Crippen LogP) is 2.73. The first-order valence-corrected chi connectivity index (χ1v) is 11.4. The van der Waals surface area contributed by atoms with Gasteiger partial charge in [-0.15, -0.1) is 0 Å². The minimum atomic E-state index is -0.772. The van der Waals surface area contributed by atoms with Crippen LogP contribution in [-0.2, 0) is 4.79 Å². The van der Waals surface area contributed by atoms with Gasteiger partial charge >= 0.3 is 0 Å². The molecule has 2 aliphatic rings. The van der Waals surface area contributed by atoms with Crippen molar-refractivity contribution >= 4 is 17.7 Å². The second-order valence-corrected chi connectivity index (χ2v) is 8.79. The molecule has 34 heavy (non-hydrogen) atoms. The summed E-state index contributed by atoms with van der Waals surface area (Å²) >= 11 is 0. The van der Waals surface area contributed by atoms with Gasteiger partial charge in [-0.2, -0.15) is 0 Å². The number of nitrogens with zero attached hydrogens (tertiary/aromatic N) is 1. The van der Waals surface area contributed by atoms with Crippen molar-refractivity contribution < 1.29 is 28.2 Å². The van der Waals surface area contributed by atoms with Crippen molar-refractivity contribution in [1.82, 2.24) is 15.5 Å². The Balaban J connectivity index is 1.45. The van der Waals surface area contributed by atoms with Gasteiger partial charge in [-0.1, -0.05) is 12.1 Å². The van der Waals surface area contributed by atoms with Gasteiger partial charge < -0.3 is 25.0 Å². The average Bonchev–Trinajstić information content (AvgIpc) is 3.30. The molecule has 0 bridgehead atoms. The zero-order chi connectivity index (χ0) is 24.2. The van der Waals surface area contributed by atoms with Crippen LogP contribution in [0.1, 0.15) is 47.4 Å². The van der Waals surface area contributed by atoms with Crippen LogP contribution < -0.4 is 20.1 Å². The summed E-state index contributed by atoms with van der Waals surface area (Å²) < 4.78 is 24.7. The van der Waals surface area contributed by atoms with Crippen molar-refractivity contribution in [1.29, 1.82) is 0 Å². The molecule has 1 fully saturated rings. The van der Waals surface area contributed by atoms with Gasteiger partial charge in [0.05, 0.1) is 5.56 Å². The highest BCUT2D eigenvalue weighted by Crippen LogP contribution is 2.32. The Kier molecular flexibility index (Phi) is 7.00. The number of fused-ring (bicyclic) bond motifs is 1. The van der Waals surface area contributed by atoms with E-state index in [2.05, 4.69) is 10.6 Å². The number of carbonyl (C=O) groups excluding carboxylic acids is 3. The molecule has 8 nitrogen and oxygen atoms in total. The molecule has 1 atom stereocenters. The molecule has 9 heteroatoms. The first kappa shape index (κ1) is 23.5. The van der Waals surface area contributed by atoms with Crippen LogP contribution in [0.15, 0.2) is 42.5 Å². The molecular formula is C25H28FN3O5. The number of piperidine rings is 1. The van der Waals surface area contributed by atoms with E-state index < -0.39 is 17.8 Å². The van der Waals surface area contributed by atoms with Gasteiger partial charge in [0.1, 0.15) is 11.9 Å². The van der Waals surface area contributed by atoms with Gasteiger partial charge in [0.25, 0.3) is 11.8 Å². The van der Waals surface area contributed by atoms with Gasteiger partial charge in [-0.3, -0.25) is 14.4 Å². The van der Waals surface area contributed by atoms with Crippen LogP contribution in [-0.4, -0.2) is 54.6 Å². The Hall–Kier alpha value is -3.62. The van der Waals surface area contributed by atoms with E-state index in [9.17, 15) is 18.8 Å². The Morgan fingerprint density at radius 2 is 1.71 bits per heavy atom. The predicted molar refractivity (Wildman–Crippen MR) is 122 cm³/mol. The summed E-state index contributed by atoms with van der Waals surface area (Å²) in [7, 11) is 0. The van der Waals surface area contributed by atoms with Crippen LogP contribution in [0.25, 0.3) is 0 Å². The number of benzene rings is 2. The third-order valence-electron chi connectivity index (χ3n) is 6.04. The minimum Gasteiger partial charge on any atom is -0.454 e. The summed E-state index contributed by atoms with van der Waals surface area (Å²) in [6, 6.07) is 9.89. The fourth-order valence-corrected chi connectivity index (χ4v) is 4.27. The lowest BCUT2D eigenvalue weighted by Gasteiger charge is -2.36. The second-order valence-electron chi connectivity index (χ2n) is 8.79. The quantitative estimate of drug-likeness (QED) is 0.678. The van der Waals surface area contributed by atoms with Crippen LogP contribution in [0.4, 0.5) is 4.39 Å². The van der Waals surface area contributed by atoms with E-state index in [0.29, 0.717) is 43.0 Å². The highest BCUT2D eigenvalue weighted by molar-refractivity contribution is 5.98. The van der Waals surface area contributed by atoms with Crippen molar-refractivity contribution in [2.45, 2.75) is 38.8 Å². The number of hydrogen-bond acceptors (Lipinski definition) is 5. The van der Waals surface area contributed by atoms with Crippen molar-refractivity contribution in [2.75, 3.05) is 19.9 Å². The van der Waals surface area contributed by atoms with E-state index in [4.69, 9.17) is 9.47 Å². The molecule has 2 aliphatic heterocycles. The maximum absolute atomic E-state index is 14.1. The SMILES string of the molecule is CC(C)NC(=O)C(NC(=O)c1ccc2c(c1)OCO2)C1CCN(C(=O)c2ccccc2F)CC1. The number of nitrogens with one attached hydrogen (secondary N) is 2. The molecule has 2 aromatic rings. The monoisotopic (exact) mass is 469 g/mol. The smallest absolute Gasteiger partial charge is 0.256 e. The third kappa shape index (κ3) is 5.13. The lowest BCUT2D eigenvalue weighted by atomic mass is 9.88. The summed E-state index contributed by atoms with van der Waals surface area (Å²) in [5, 5.41) is 5.75. The maximum Gasteiger partial charge on any atom is 0.256 e. The Morgan fingerprint density at radius 1 is 1.00 bits per heavy atom. The highest BCUT2D eigenvalue weighted by atomic mass is 19.1. The number of likely N-dealkylation sites (tertiary alicyclic amines) is 1. The summed E-state index contributed by atoms with van der Waals surface area (Å²) in [5.74, 6) is -0.728. The van der Waals surface area contributed by atoms with Crippen LogP contribution in [0, 0.1) is 11.7 Å². The van der Waals surface area contributed by atoms with Crippen molar-refractivity contribution in [3.05, 3.63) is 59.4 Å². The number of hydrogen-bond donors (Lipinski definition) is 2. The summed E-state index contributed by atoms with van der Waals surface area (Å²) in [6.45, 7) is 4.53. The molecule has 180 valence electrons.